The van der Waals surface area contributed by atoms with Gasteiger partial charge in [-0.3, -0.25) is 4.79 Å². The van der Waals surface area contributed by atoms with E-state index in [1.165, 1.54) is 6.42 Å². The predicted molar refractivity (Wildman–Crippen MR) is 69.4 cm³/mol. The van der Waals surface area contributed by atoms with E-state index in [1.54, 1.807) is 13.8 Å². The standard InChI is InChI=1S/C13H24N2O3/c1-9-5-4-6-10(7-9)15-12(18)14-8-13(2,3)11(16)17/h9-10H,4-8H2,1-3H3,(H,16,17)(H2,14,15,18). The van der Waals surface area contributed by atoms with E-state index < -0.39 is 11.4 Å². The minimum atomic E-state index is -0.933. The maximum absolute atomic E-state index is 11.7. The first-order valence-corrected chi connectivity index (χ1v) is 6.59. The van der Waals surface area contributed by atoms with Crippen molar-refractivity contribution in [2.45, 2.75) is 52.5 Å². The Bertz CT molecular complexity index is 315. The van der Waals surface area contributed by atoms with E-state index in [0.29, 0.717) is 5.92 Å². The van der Waals surface area contributed by atoms with Gasteiger partial charge in [-0.25, -0.2) is 4.79 Å². The van der Waals surface area contributed by atoms with E-state index in [-0.39, 0.29) is 18.6 Å². The molecule has 1 aliphatic rings. The molecule has 0 aromatic rings. The molecule has 5 nitrogen and oxygen atoms in total. The van der Waals surface area contributed by atoms with Gasteiger partial charge >= 0.3 is 12.0 Å². The SMILES string of the molecule is CC1CCCC(NC(=O)NCC(C)(C)C(=O)O)C1. The van der Waals surface area contributed by atoms with Crippen molar-refractivity contribution >= 4 is 12.0 Å². The Morgan fingerprint density at radius 3 is 2.56 bits per heavy atom. The predicted octanol–water partition coefficient (Wildman–Crippen LogP) is 1.98. The molecule has 104 valence electrons. The molecule has 18 heavy (non-hydrogen) atoms. The van der Waals surface area contributed by atoms with Crippen LogP contribution in [0.1, 0.15) is 46.5 Å². The molecule has 0 spiro atoms. The fraction of sp³-hybridized carbons (Fsp3) is 0.846. The van der Waals surface area contributed by atoms with E-state index >= 15 is 0 Å². The molecule has 0 aromatic heterocycles. The lowest BCUT2D eigenvalue weighted by atomic mass is 9.87. The van der Waals surface area contributed by atoms with Crippen LogP contribution in [-0.2, 0) is 4.79 Å². The number of carbonyl (C=O) groups excluding carboxylic acids is 1. The molecular formula is C13H24N2O3. The zero-order chi connectivity index (χ0) is 13.8. The van der Waals surface area contributed by atoms with Gasteiger partial charge in [0, 0.05) is 12.6 Å². The van der Waals surface area contributed by atoms with Gasteiger partial charge < -0.3 is 15.7 Å². The molecule has 2 amide bonds. The smallest absolute Gasteiger partial charge is 0.315 e. The van der Waals surface area contributed by atoms with Crippen LogP contribution in [0.3, 0.4) is 0 Å². The molecule has 1 rings (SSSR count). The second-order valence-corrected chi connectivity index (χ2v) is 5.98. The maximum atomic E-state index is 11.7. The van der Waals surface area contributed by atoms with Gasteiger partial charge in [-0.15, -0.1) is 0 Å². The number of carboxylic acid groups (broad SMARTS) is 1. The van der Waals surface area contributed by atoms with Gasteiger partial charge in [-0.2, -0.15) is 0 Å². The van der Waals surface area contributed by atoms with Crippen LogP contribution in [0, 0.1) is 11.3 Å². The second-order valence-electron chi connectivity index (χ2n) is 5.98. The number of amides is 2. The summed E-state index contributed by atoms with van der Waals surface area (Å²) in [5.41, 5.74) is -0.933. The lowest BCUT2D eigenvalue weighted by Crippen LogP contribution is -2.47. The lowest BCUT2D eigenvalue weighted by molar-refractivity contribution is -0.146. The molecule has 0 aliphatic heterocycles. The Morgan fingerprint density at radius 1 is 1.33 bits per heavy atom. The van der Waals surface area contributed by atoms with Gasteiger partial charge in [0.2, 0.25) is 0 Å². The van der Waals surface area contributed by atoms with Crippen LogP contribution in [0.5, 0.6) is 0 Å². The maximum Gasteiger partial charge on any atom is 0.315 e. The van der Waals surface area contributed by atoms with Gasteiger partial charge in [0.15, 0.2) is 0 Å². The van der Waals surface area contributed by atoms with E-state index in [4.69, 9.17) is 5.11 Å². The Hall–Kier alpha value is -1.26. The van der Waals surface area contributed by atoms with Gasteiger partial charge in [0.25, 0.3) is 0 Å². The summed E-state index contributed by atoms with van der Waals surface area (Å²) in [4.78, 5) is 22.6. The third kappa shape index (κ3) is 4.55. The number of hydrogen-bond acceptors (Lipinski definition) is 2. The molecule has 2 atom stereocenters. The fourth-order valence-corrected chi connectivity index (χ4v) is 2.18. The van der Waals surface area contributed by atoms with Crippen LogP contribution in [0.15, 0.2) is 0 Å². The number of urea groups is 1. The van der Waals surface area contributed by atoms with Crippen molar-refractivity contribution in [3.05, 3.63) is 0 Å². The second kappa shape index (κ2) is 6.07. The molecule has 1 saturated carbocycles. The summed E-state index contributed by atoms with van der Waals surface area (Å²) >= 11 is 0. The fourth-order valence-electron chi connectivity index (χ4n) is 2.18. The quantitative estimate of drug-likeness (QED) is 0.719. The van der Waals surface area contributed by atoms with Crippen molar-refractivity contribution in [3.63, 3.8) is 0 Å². The van der Waals surface area contributed by atoms with Crippen molar-refractivity contribution in [2.75, 3.05) is 6.54 Å². The summed E-state index contributed by atoms with van der Waals surface area (Å²) in [5.74, 6) is -0.256. The Morgan fingerprint density at radius 2 is 2.00 bits per heavy atom. The van der Waals surface area contributed by atoms with Crippen LogP contribution in [0.25, 0.3) is 0 Å². The first-order valence-electron chi connectivity index (χ1n) is 6.59. The Kier molecular flexibility index (Phi) is 4.99. The van der Waals surface area contributed by atoms with Crippen molar-refractivity contribution in [3.8, 4) is 0 Å². The summed E-state index contributed by atoms with van der Waals surface area (Å²) in [7, 11) is 0. The van der Waals surface area contributed by atoms with Crippen LogP contribution in [0.4, 0.5) is 4.79 Å². The van der Waals surface area contributed by atoms with Crippen LogP contribution >= 0.6 is 0 Å². The van der Waals surface area contributed by atoms with Crippen LogP contribution in [-0.4, -0.2) is 29.7 Å². The average Bonchev–Trinajstić information content (AvgIpc) is 2.26. The first kappa shape index (κ1) is 14.8. The number of rotatable bonds is 4. The number of aliphatic carboxylic acids is 1. The minimum Gasteiger partial charge on any atom is -0.481 e. The summed E-state index contributed by atoms with van der Waals surface area (Å²) in [6.07, 6.45) is 4.40. The number of carboxylic acids is 1. The highest BCUT2D eigenvalue weighted by atomic mass is 16.4. The van der Waals surface area contributed by atoms with E-state index in [1.807, 2.05) is 0 Å². The third-order valence-electron chi connectivity index (χ3n) is 3.54. The Balaban J connectivity index is 2.31. The zero-order valence-corrected chi connectivity index (χ0v) is 11.5. The Labute approximate surface area is 108 Å². The van der Waals surface area contributed by atoms with Crippen molar-refractivity contribution in [1.82, 2.24) is 10.6 Å². The van der Waals surface area contributed by atoms with Gasteiger partial charge in [0.1, 0.15) is 0 Å². The molecule has 0 bridgehead atoms. The first-order chi connectivity index (χ1) is 8.31. The number of carbonyl (C=O) groups is 2. The summed E-state index contributed by atoms with van der Waals surface area (Å²) in [5, 5.41) is 14.5. The van der Waals surface area contributed by atoms with Crippen molar-refractivity contribution < 1.29 is 14.7 Å². The molecule has 0 radical (unpaired) electrons. The molecule has 2 unspecified atom stereocenters. The van der Waals surface area contributed by atoms with Crippen molar-refractivity contribution in [2.24, 2.45) is 11.3 Å². The summed E-state index contributed by atoms with van der Waals surface area (Å²) in [6, 6.07) is -0.0369. The molecule has 0 heterocycles. The van der Waals surface area contributed by atoms with Gasteiger partial charge in [0.05, 0.1) is 5.41 Å². The third-order valence-corrected chi connectivity index (χ3v) is 3.54. The largest absolute Gasteiger partial charge is 0.481 e. The molecule has 0 aromatic carbocycles. The van der Waals surface area contributed by atoms with Gasteiger partial charge in [-0.05, 0) is 32.6 Å². The van der Waals surface area contributed by atoms with Crippen LogP contribution < -0.4 is 10.6 Å². The number of nitrogens with one attached hydrogen (secondary N) is 2. The molecule has 1 aliphatic carbocycles. The van der Waals surface area contributed by atoms with E-state index in [9.17, 15) is 9.59 Å². The van der Waals surface area contributed by atoms with E-state index in [2.05, 4.69) is 17.6 Å². The highest BCUT2D eigenvalue weighted by molar-refractivity contribution is 5.77. The van der Waals surface area contributed by atoms with Crippen LogP contribution in [0.2, 0.25) is 0 Å². The highest BCUT2D eigenvalue weighted by Crippen LogP contribution is 2.23. The topological polar surface area (TPSA) is 78.4 Å². The van der Waals surface area contributed by atoms with Crippen molar-refractivity contribution in [1.29, 1.82) is 0 Å². The molecule has 3 N–H and O–H groups in total. The normalized spacial score (nSPS) is 24.4. The lowest BCUT2D eigenvalue weighted by Gasteiger charge is -2.28. The summed E-state index contributed by atoms with van der Waals surface area (Å²) in [6.45, 7) is 5.52. The molecule has 5 heteroatoms. The van der Waals surface area contributed by atoms with Gasteiger partial charge in [-0.1, -0.05) is 19.8 Å². The van der Waals surface area contributed by atoms with E-state index in [0.717, 1.165) is 19.3 Å². The molecule has 1 fully saturated rings. The monoisotopic (exact) mass is 256 g/mol. The summed E-state index contributed by atoms with van der Waals surface area (Å²) < 4.78 is 0. The minimum absolute atomic E-state index is 0.135. The average molecular weight is 256 g/mol. The molecular weight excluding hydrogens is 232 g/mol. The molecule has 0 saturated heterocycles. The number of hydrogen-bond donors (Lipinski definition) is 3. The zero-order valence-electron chi connectivity index (χ0n) is 11.5. The highest BCUT2D eigenvalue weighted by Gasteiger charge is 2.28.